The molecule has 34 heavy (non-hydrogen) atoms. The van der Waals surface area contributed by atoms with E-state index in [0.717, 1.165) is 45.9 Å². The number of hydrogen-bond acceptors (Lipinski definition) is 2. The van der Waals surface area contributed by atoms with Crippen molar-refractivity contribution in [2.75, 3.05) is 0 Å². The second-order valence-corrected chi connectivity index (χ2v) is 9.09. The molecular formula is C29H31F3N2. The first-order chi connectivity index (χ1) is 16.0. The van der Waals surface area contributed by atoms with Gasteiger partial charge in [0, 0.05) is 11.8 Å². The van der Waals surface area contributed by atoms with Gasteiger partial charge in [-0.25, -0.2) is 0 Å². The Balaban J connectivity index is 1.95. The highest BCUT2D eigenvalue weighted by atomic mass is 19.4. The number of alkyl halides is 3. The summed E-state index contributed by atoms with van der Waals surface area (Å²) in [5.41, 5.74) is 5.61. The topological polar surface area (TPSA) is 35.9 Å². The second kappa shape index (κ2) is 10.3. The first kappa shape index (κ1) is 25.3. The number of nitrogens with one attached hydrogen (secondary N) is 2. The zero-order valence-electron chi connectivity index (χ0n) is 20.1. The molecule has 2 N–H and O–H groups in total. The van der Waals surface area contributed by atoms with Gasteiger partial charge in [-0.05, 0) is 77.8 Å². The lowest BCUT2D eigenvalue weighted by atomic mass is 9.86. The molecule has 3 rings (SSSR count). The van der Waals surface area contributed by atoms with Crippen molar-refractivity contribution in [1.82, 2.24) is 5.32 Å². The molecule has 1 aliphatic rings. The fourth-order valence-corrected chi connectivity index (χ4v) is 4.17. The summed E-state index contributed by atoms with van der Waals surface area (Å²) in [7, 11) is 0. The van der Waals surface area contributed by atoms with Crippen molar-refractivity contribution in [3.63, 3.8) is 0 Å². The molecule has 2 aromatic rings. The summed E-state index contributed by atoms with van der Waals surface area (Å²) < 4.78 is 39.3. The Morgan fingerprint density at radius 3 is 2.26 bits per heavy atom. The van der Waals surface area contributed by atoms with Crippen LogP contribution in [-0.2, 0) is 6.18 Å². The van der Waals surface area contributed by atoms with E-state index in [1.165, 1.54) is 12.1 Å². The van der Waals surface area contributed by atoms with E-state index in [1.807, 2.05) is 37.4 Å². The molecule has 178 valence electrons. The highest BCUT2D eigenvalue weighted by Crippen LogP contribution is 2.35. The van der Waals surface area contributed by atoms with Gasteiger partial charge >= 0.3 is 6.18 Å². The minimum absolute atomic E-state index is 0.0640. The van der Waals surface area contributed by atoms with Crippen molar-refractivity contribution >= 4 is 17.4 Å². The maximum atomic E-state index is 13.1. The standard InChI is InChI=1S/C29H31F3N2/c1-6-21-7-9-22(10-8-21)28(15-18(2)3)34-17-26-20(5)25(13-14-27(26)33)24-12-11-23(16-19(24)4)29(30,31)32/h6-14,16-18,28,33-34H,1,15H2,2-5H3/b26-17-,33-27?. The van der Waals surface area contributed by atoms with Crippen molar-refractivity contribution in [1.29, 1.82) is 5.41 Å². The Morgan fingerprint density at radius 2 is 1.71 bits per heavy atom. The summed E-state index contributed by atoms with van der Waals surface area (Å²) in [6.45, 7) is 11.7. The van der Waals surface area contributed by atoms with Gasteiger partial charge in [0.1, 0.15) is 0 Å². The smallest absolute Gasteiger partial charge is 0.384 e. The van der Waals surface area contributed by atoms with Gasteiger partial charge in [-0.2, -0.15) is 13.2 Å². The molecule has 1 aliphatic carbocycles. The molecule has 0 fully saturated rings. The van der Waals surface area contributed by atoms with Gasteiger partial charge in [-0.15, -0.1) is 0 Å². The van der Waals surface area contributed by atoms with Gasteiger partial charge < -0.3 is 10.7 Å². The lowest BCUT2D eigenvalue weighted by Gasteiger charge is -2.23. The number of allylic oxidation sites excluding steroid dienone is 5. The predicted octanol–water partition coefficient (Wildman–Crippen LogP) is 8.28. The fraction of sp³-hybridized carbons (Fsp3) is 0.276. The largest absolute Gasteiger partial charge is 0.416 e. The molecule has 1 atom stereocenters. The fourth-order valence-electron chi connectivity index (χ4n) is 4.17. The molecule has 0 amide bonds. The van der Waals surface area contributed by atoms with Crippen LogP contribution in [-0.4, -0.2) is 5.71 Å². The van der Waals surface area contributed by atoms with Crippen LogP contribution in [0.5, 0.6) is 0 Å². The number of rotatable bonds is 7. The molecule has 1 unspecified atom stereocenters. The molecule has 5 heteroatoms. The third-order valence-corrected chi connectivity index (χ3v) is 6.07. The molecular weight excluding hydrogens is 433 g/mol. The number of benzene rings is 2. The van der Waals surface area contributed by atoms with Crippen LogP contribution < -0.4 is 5.32 Å². The Hall–Kier alpha value is -3.34. The first-order valence-corrected chi connectivity index (χ1v) is 11.4. The molecule has 0 radical (unpaired) electrons. The van der Waals surface area contributed by atoms with Crippen molar-refractivity contribution < 1.29 is 13.2 Å². The average molecular weight is 465 g/mol. The van der Waals surface area contributed by atoms with E-state index in [4.69, 9.17) is 5.41 Å². The number of halogens is 3. The monoisotopic (exact) mass is 464 g/mol. The summed E-state index contributed by atoms with van der Waals surface area (Å²) in [6.07, 6.45) is 3.73. The van der Waals surface area contributed by atoms with Gasteiger partial charge in [0.2, 0.25) is 0 Å². The van der Waals surface area contributed by atoms with E-state index < -0.39 is 11.7 Å². The van der Waals surface area contributed by atoms with E-state index in [0.29, 0.717) is 17.2 Å². The summed E-state index contributed by atoms with van der Waals surface area (Å²) in [6, 6.07) is 12.1. The average Bonchev–Trinajstić information content (AvgIpc) is 2.78. The van der Waals surface area contributed by atoms with Crippen molar-refractivity contribution in [3.8, 4) is 0 Å². The molecule has 0 heterocycles. The van der Waals surface area contributed by atoms with Crippen LogP contribution in [0, 0.1) is 18.3 Å². The minimum Gasteiger partial charge on any atom is -0.384 e. The van der Waals surface area contributed by atoms with Crippen molar-refractivity contribution in [2.45, 2.75) is 46.3 Å². The second-order valence-electron chi connectivity index (χ2n) is 9.09. The summed E-state index contributed by atoms with van der Waals surface area (Å²) in [5.74, 6) is 0.461. The van der Waals surface area contributed by atoms with Crippen LogP contribution in [0.3, 0.4) is 0 Å². The Labute approximate surface area is 200 Å². The van der Waals surface area contributed by atoms with Gasteiger partial charge in [0.05, 0.1) is 17.3 Å². The van der Waals surface area contributed by atoms with Crippen LogP contribution in [0.1, 0.15) is 61.1 Å². The molecule has 0 spiro atoms. The van der Waals surface area contributed by atoms with Crippen LogP contribution in [0.15, 0.2) is 78.5 Å². The maximum absolute atomic E-state index is 13.1. The molecule has 0 saturated carbocycles. The predicted molar refractivity (Wildman–Crippen MR) is 136 cm³/mol. The van der Waals surface area contributed by atoms with Crippen LogP contribution in [0.4, 0.5) is 13.2 Å². The van der Waals surface area contributed by atoms with Crippen LogP contribution in [0.2, 0.25) is 0 Å². The normalized spacial score (nSPS) is 16.4. The molecule has 0 aliphatic heterocycles. The van der Waals surface area contributed by atoms with Gasteiger partial charge in [0.25, 0.3) is 0 Å². The van der Waals surface area contributed by atoms with Crippen LogP contribution >= 0.6 is 0 Å². The van der Waals surface area contributed by atoms with Gasteiger partial charge in [-0.1, -0.05) is 62.9 Å². The summed E-state index contributed by atoms with van der Waals surface area (Å²) >= 11 is 0. The zero-order chi connectivity index (χ0) is 25.0. The Bertz CT molecular complexity index is 1160. The van der Waals surface area contributed by atoms with E-state index in [2.05, 4.69) is 37.9 Å². The van der Waals surface area contributed by atoms with E-state index in [9.17, 15) is 13.2 Å². The van der Waals surface area contributed by atoms with Crippen molar-refractivity contribution in [3.05, 3.63) is 106 Å². The number of hydrogen-bond donors (Lipinski definition) is 2. The molecule has 2 aromatic carbocycles. The lowest BCUT2D eigenvalue weighted by Crippen LogP contribution is -2.20. The van der Waals surface area contributed by atoms with Crippen LogP contribution in [0.25, 0.3) is 11.6 Å². The molecule has 0 saturated heterocycles. The molecule has 0 bridgehead atoms. The quantitative estimate of drug-likeness (QED) is 0.425. The SMILES string of the molecule is C=Cc1ccc(C(CC(C)C)N/C=C2\C(=N)C=CC(c3ccc(C(F)(F)F)cc3C)=C2C)cc1. The van der Waals surface area contributed by atoms with Gasteiger partial charge in [0.15, 0.2) is 0 Å². The summed E-state index contributed by atoms with van der Waals surface area (Å²) in [5, 5.41) is 12.0. The van der Waals surface area contributed by atoms with Gasteiger partial charge in [-0.3, -0.25) is 0 Å². The van der Waals surface area contributed by atoms with E-state index in [-0.39, 0.29) is 6.04 Å². The third-order valence-electron chi connectivity index (χ3n) is 6.07. The minimum atomic E-state index is -4.37. The third kappa shape index (κ3) is 5.77. The maximum Gasteiger partial charge on any atom is 0.416 e. The Kier molecular flexibility index (Phi) is 7.65. The van der Waals surface area contributed by atoms with E-state index in [1.54, 1.807) is 13.0 Å². The summed E-state index contributed by atoms with van der Waals surface area (Å²) in [4.78, 5) is 0. The van der Waals surface area contributed by atoms with Crippen molar-refractivity contribution in [2.24, 2.45) is 5.92 Å². The van der Waals surface area contributed by atoms with E-state index >= 15 is 0 Å². The zero-order valence-corrected chi connectivity index (χ0v) is 20.1. The molecule has 2 nitrogen and oxygen atoms in total. The number of aryl methyl sites for hydroxylation is 1. The Morgan fingerprint density at radius 1 is 1.03 bits per heavy atom. The highest BCUT2D eigenvalue weighted by Gasteiger charge is 2.31. The first-order valence-electron chi connectivity index (χ1n) is 11.4. The lowest BCUT2D eigenvalue weighted by molar-refractivity contribution is -0.137. The molecule has 0 aromatic heterocycles. The highest BCUT2D eigenvalue weighted by molar-refractivity contribution is 6.14.